The van der Waals surface area contributed by atoms with E-state index in [9.17, 15) is 4.79 Å². The summed E-state index contributed by atoms with van der Waals surface area (Å²) in [5.74, 6) is 6.55. The first-order chi connectivity index (χ1) is 13.1. The van der Waals surface area contributed by atoms with Gasteiger partial charge in [-0.1, -0.05) is 19.8 Å². The Bertz CT molecular complexity index is 794. The quantitative estimate of drug-likeness (QED) is 0.533. The Morgan fingerprint density at radius 1 is 1.44 bits per heavy atom. The van der Waals surface area contributed by atoms with Crippen LogP contribution in [0.25, 0.3) is 11.2 Å². The second kappa shape index (κ2) is 9.21. The number of aromatic nitrogens is 4. The molecule has 1 aliphatic heterocycles. The fourth-order valence-electron chi connectivity index (χ4n) is 3.68. The molecule has 0 radical (unpaired) electrons. The van der Waals surface area contributed by atoms with Gasteiger partial charge in [-0.2, -0.15) is 4.98 Å². The fourth-order valence-corrected chi connectivity index (χ4v) is 3.68. The van der Waals surface area contributed by atoms with Gasteiger partial charge in [-0.3, -0.25) is 4.57 Å². The van der Waals surface area contributed by atoms with Crippen molar-refractivity contribution in [1.29, 1.82) is 0 Å². The van der Waals surface area contributed by atoms with E-state index in [-0.39, 0.29) is 11.8 Å². The smallest absolute Gasteiger partial charge is 0.348 e. The number of nitrogens with two attached hydrogens (primary N) is 1. The lowest BCUT2D eigenvalue weighted by molar-refractivity contribution is 0.0506. The summed E-state index contributed by atoms with van der Waals surface area (Å²) in [4.78, 5) is 21.2. The van der Waals surface area contributed by atoms with Gasteiger partial charge in [0.05, 0.1) is 12.3 Å². The highest BCUT2D eigenvalue weighted by molar-refractivity contribution is 5.70. The maximum atomic E-state index is 12.5. The summed E-state index contributed by atoms with van der Waals surface area (Å²) >= 11 is 0. The molecule has 0 aromatic carbocycles. The van der Waals surface area contributed by atoms with Crippen molar-refractivity contribution < 1.29 is 9.47 Å². The maximum absolute atomic E-state index is 12.5. The Morgan fingerprint density at radius 2 is 2.30 bits per heavy atom. The molecule has 8 nitrogen and oxygen atoms in total. The molecule has 2 N–H and O–H groups in total. The average molecular weight is 377 g/mol. The second-order valence-corrected chi connectivity index (χ2v) is 7.46. The molecule has 27 heavy (non-hydrogen) atoms. The minimum Gasteiger partial charge on any atom is -0.460 e. The molecular formula is C19H31N5O3. The maximum Gasteiger partial charge on any atom is 0.348 e. The van der Waals surface area contributed by atoms with Crippen molar-refractivity contribution in [1.82, 2.24) is 19.2 Å². The third kappa shape index (κ3) is 4.80. The zero-order valence-electron chi connectivity index (χ0n) is 16.4. The van der Waals surface area contributed by atoms with Crippen LogP contribution in [-0.4, -0.2) is 38.5 Å². The van der Waals surface area contributed by atoms with Crippen LogP contribution in [0.2, 0.25) is 0 Å². The summed E-state index contributed by atoms with van der Waals surface area (Å²) in [6.07, 6.45) is 9.04. The first-order valence-electron chi connectivity index (χ1n) is 10.1. The van der Waals surface area contributed by atoms with Gasteiger partial charge in [-0.25, -0.2) is 14.5 Å². The molecule has 2 aromatic rings. The number of nitrogen functional groups attached to an aromatic ring is 1. The summed E-state index contributed by atoms with van der Waals surface area (Å²) in [6, 6.07) is 0.294. The summed E-state index contributed by atoms with van der Waals surface area (Å²) in [5.41, 5.74) is 0.799. The average Bonchev–Trinajstić information content (AvgIpc) is 2.90. The van der Waals surface area contributed by atoms with E-state index in [1.165, 1.54) is 6.42 Å². The highest BCUT2D eigenvalue weighted by Gasteiger charge is 2.17. The molecule has 2 atom stereocenters. The van der Waals surface area contributed by atoms with E-state index < -0.39 is 0 Å². The molecule has 1 unspecified atom stereocenters. The number of hydrogen-bond acceptors (Lipinski definition) is 6. The van der Waals surface area contributed by atoms with E-state index >= 15 is 0 Å². The highest BCUT2D eigenvalue weighted by atomic mass is 16.5. The van der Waals surface area contributed by atoms with Crippen LogP contribution < -0.4 is 16.3 Å². The Morgan fingerprint density at radius 3 is 3.04 bits per heavy atom. The third-order valence-corrected chi connectivity index (χ3v) is 5.18. The Kier molecular flexibility index (Phi) is 6.71. The van der Waals surface area contributed by atoms with Crippen molar-refractivity contribution in [3.63, 3.8) is 0 Å². The number of rotatable bonds is 9. The summed E-state index contributed by atoms with van der Waals surface area (Å²) in [7, 11) is 0. The van der Waals surface area contributed by atoms with Gasteiger partial charge in [0.25, 0.3) is 0 Å². The highest BCUT2D eigenvalue weighted by Crippen LogP contribution is 2.20. The van der Waals surface area contributed by atoms with Crippen LogP contribution in [0, 0.1) is 5.92 Å². The lowest BCUT2D eigenvalue weighted by Gasteiger charge is -2.21. The lowest BCUT2D eigenvalue weighted by Crippen LogP contribution is -2.29. The van der Waals surface area contributed by atoms with Crippen LogP contribution in [0.15, 0.2) is 11.0 Å². The predicted molar refractivity (Wildman–Crippen MR) is 104 cm³/mol. The molecule has 0 spiro atoms. The largest absolute Gasteiger partial charge is 0.460 e. The Hall–Kier alpha value is -2.09. The van der Waals surface area contributed by atoms with E-state index in [2.05, 4.69) is 16.9 Å². The first kappa shape index (κ1) is 19.7. The van der Waals surface area contributed by atoms with Crippen molar-refractivity contribution in [3.05, 3.63) is 16.7 Å². The van der Waals surface area contributed by atoms with E-state index in [0.717, 1.165) is 56.4 Å². The summed E-state index contributed by atoms with van der Waals surface area (Å²) < 4.78 is 14.0. The number of fused-ring (bicyclic) bond motifs is 1. The minimum absolute atomic E-state index is 0.0327. The molecular weight excluding hydrogens is 346 g/mol. The molecule has 8 heteroatoms. The second-order valence-electron chi connectivity index (χ2n) is 7.46. The molecule has 1 saturated heterocycles. The first-order valence-corrected chi connectivity index (χ1v) is 10.1. The van der Waals surface area contributed by atoms with E-state index in [1.807, 2.05) is 6.92 Å². The van der Waals surface area contributed by atoms with Crippen LogP contribution in [0.1, 0.15) is 58.8 Å². The fraction of sp³-hybridized carbons (Fsp3) is 0.737. The molecule has 1 fully saturated rings. The monoisotopic (exact) mass is 377 g/mol. The van der Waals surface area contributed by atoms with Gasteiger partial charge in [0.2, 0.25) is 0 Å². The zero-order valence-corrected chi connectivity index (χ0v) is 16.4. The molecule has 1 aliphatic rings. The third-order valence-electron chi connectivity index (χ3n) is 5.18. The van der Waals surface area contributed by atoms with Crippen molar-refractivity contribution in [2.45, 2.75) is 71.4 Å². The van der Waals surface area contributed by atoms with Gasteiger partial charge < -0.3 is 15.3 Å². The Labute approximate surface area is 159 Å². The number of imidazole rings is 1. The SMILES string of the molecule is CCC[C@@H](C)Oc1ncc2c(n1)n(CCCCC1CCCOC1)c(=O)n2N. The molecule has 2 aromatic heterocycles. The normalized spacial score (nSPS) is 18.7. The molecule has 3 heterocycles. The van der Waals surface area contributed by atoms with Crippen molar-refractivity contribution in [2.24, 2.45) is 5.92 Å². The Balaban J connectivity index is 1.67. The lowest BCUT2D eigenvalue weighted by atomic mass is 9.96. The van der Waals surface area contributed by atoms with Gasteiger partial charge in [0.1, 0.15) is 5.52 Å². The predicted octanol–water partition coefficient (Wildman–Crippen LogP) is 2.47. The number of aryl methyl sites for hydroxylation is 1. The van der Waals surface area contributed by atoms with E-state index in [4.69, 9.17) is 15.3 Å². The van der Waals surface area contributed by atoms with Gasteiger partial charge in [-0.15, -0.1) is 0 Å². The van der Waals surface area contributed by atoms with E-state index in [1.54, 1.807) is 10.8 Å². The molecule has 0 bridgehead atoms. The topological polar surface area (TPSA) is 97.2 Å². The van der Waals surface area contributed by atoms with Gasteiger partial charge in [-0.05, 0) is 44.9 Å². The van der Waals surface area contributed by atoms with E-state index in [0.29, 0.717) is 29.6 Å². The number of nitrogens with zero attached hydrogens (tertiary/aromatic N) is 4. The molecule has 3 rings (SSSR count). The molecule has 0 aliphatic carbocycles. The van der Waals surface area contributed by atoms with Crippen molar-refractivity contribution in [2.75, 3.05) is 19.1 Å². The number of unbranched alkanes of at least 4 members (excludes halogenated alkanes) is 1. The number of hydrogen-bond donors (Lipinski definition) is 1. The van der Waals surface area contributed by atoms with Gasteiger partial charge >= 0.3 is 11.7 Å². The summed E-state index contributed by atoms with van der Waals surface area (Å²) in [6.45, 7) is 6.45. The minimum atomic E-state index is -0.265. The standard InChI is InChI=1S/C19H31N5O3/c1-3-7-14(2)27-18-21-12-16-17(22-18)23(19(25)24(16)20)10-5-4-8-15-9-6-11-26-13-15/h12,14-15H,3-11,13,20H2,1-2H3/t14-,15?/m1/s1. The molecule has 150 valence electrons. The van der Waals surface area contributed by atoms with Gasteiger partial charge in [0.15, 0.2) is 5.65 Å². The molecule has 0 amide bonds. The van der Waals surface area contributed by atoms with Crippen LogP contribution >= 0.6 is 0 Å². The molecule has 0 saturated carbocycles. The van der Waals surface area contributed by atoms with Gasteiger partial charge in [0, 0.05) is 19.8 Å². The summed E-state index contributed by atoms with van der Waals surface area (Å²) in [5, 5.41) is 0. The van der Waals surface area contributed by atoms with Crippen LogP contribution in [0.4, 0.5) is 0 Å². The van der Waals surface area contributed by atoms with Crippen LogP contribution in [0.5, 0.6) is 6.01 Å². The van der Waals surface area contributed by atoms with Crippen LogP contribution in [0.3, 0.4) is 0 Å². The number of ether oxygens (including phenoxy) is 2. The van der Waals surface area contributed by atoms with Crippen LogP contribution in [-0.2, 0) is 11.3 Å². The zero-order chi connectivity index (χ0) is 19.2. The van der Waals surface area contributed by atoms with Crippen molar-refractivity contribution >= 4 is 11.2 Å². The van der Waals surface area contributed by atoms with Crippen molar-refractivity contribution in [3.8, 4) is 6.01 Å².